The van der Waals surface area contributed by atoms with Gasteiger partial charge in [-0.05, 0) is 23.6 Å². The molecule has 37 heavy (non-hydrogen) atoms. The second-order valence-corrected chi connectivity index (χ2v) is 9.78. The topological polar surface area (TPSA) is 71.1 Å². The highest BCUT2D eigenvalue weighted by atomic mass is 31.1. The third-order valence-electron chi connectivity index (χ3n) is 5.84. The van der Waals surface area contributed by atoms with Crippen LogP contribution in [0.2, 0.25) is 0 Å². The molecule has 1 atom stereocenters. The minimum Gasteiger partial charge on any atom is -0.496 e. The lowest BCUT2D eigenvalue weighted by Crippen LogP contribution is -2.17. The van der Waals surface area contributed by atoms with E-state index in [0.717, 1.165) is 16.7 Å². The summed E-state index contributed by atoms with van der Waals surface area (Å²) in [5, 5.41) is 0.589. The van der Waals surface area contributed by atoms with Gasteiger partial charge in [0, 0.05) is 17.4 Å². The van der Waals surface area contributed by atoms with Gasteiger partial charge in [0.15, 0.2) is 8.15 Å². The molecule has 0 aliphatic carbocycles. The van der Waals surface area contributed by atoms with E-state index in [9.17, 15) is 9.59 Å². The van der Waals surface area contributed by atoms with E-state index >= 15 is 0 Å². The quantitative estimate of drug-likeness (QED) is 0.241. The summed E-state index contributed by atoms with van der Waals surface area (Å²) in [5.41, 5.74) is 2.55. The molecule has 1 unspecified atom stereocenters. The molecule has 0 heterocycles. The van der Waals surface area contributed by atoms with E-state index in [2.05, 4.69) is 0 Å². The van der Waals surface area contributed by atoms with E-state index in [4.69, 9.17) is 18.7 Å². The molecule has 0 fully saturated rings. The normalized spacial score (nSPS) is 11.4. The van der Waals surface area contributed by atoms with Crippen molar-refractivity contribution in [1.82, 2.24) is 0 Å². The molecular weight excluding hydrogens is 487 g/mol. The Morgan fingerprint density at radius 2 is 1.27 bits per heavy atom. The maximum absolute atomic E-state index is 14.1. The molecular formula is C30H27O6P. The number of benzene rings is 4. The number of carbonyl (C=O) groups excluding carboxylic acids is 2. The Bertz CT molecular complexity index is 1380. The van der Waals surface area contributed by atoms with Crippen molar-refractivity contribution in [2.75, 3.05) is 21.3 Å². The fourth-order valence-electron chi connectivity index (χ4n) is 4.02. The summed E-state index contributed by atoms with van der Waals surface area (Å²) in [4.78, 5) is 27.8. The number of rotatable bonds is 9. The summed E-state index contributed by atoms with van der Waals surface area (Å²) in [7, 11) is 2.34. The molecule has 0 aromatic heterocycles. The Balaban J connectivity index is 1.81. The average molecular weight is 515 g/mol. The lowest BCUT2D eigenvalue weighted by Gasteiger charge is -2.21. The molecule has 0 saturated heterocycles. The van der Waals surface area contributed by atoms with Gasteiger partial charge in [-0.1, -0.05) is 78.9 Å². The van der Waals surface area contributed by atoms with Crippen LogP contribution in [0.15, 0.2) is 91.0 Å². The Labute approximate surface area is 217 Å². The standard InChI is InChI=1S/C30H27O6P/c1-20-12-11-17-24(21-13-7-5-8-14-21)27(20)29(31)36-37(23-15-9-6-10-16-23)30(32)28-25(34-3)18-22(33-2)19-26(28)35-4/h5-19H,1-4H3. The first-order valence-electron chi connectivity index (χ1n) is 11.5. The highest BCUT2D eigenvalue weighted by Crippen LogP contribution is 2.47. The first kappa shape index (κ1) is 25.9. The van der Waals surface area contributed by atoms with Crippen LogP contribution in [0.1, 0.15) is 26.3 Å². The fourth-order valence-corrected chi connectivity index (χ4v) is 5.56. The Morgan fingerprint density at radius 3 is 1.84 bits per heavy atom. The number of methoxy groups -OCH3 is 3. The van der Waals surface area contributed by atoms with E-state index < -0.39 is 19.6 Å². The van der Waals surface area contributed by atoms with Crippen LogP contribution >= 0.6 is 8.15 Å². The van der Waals surface area contributed by atoms with Gasteiger partial charge in [-0.25, -0.2) is 4.79 Å². The van der Waals surface area contributed by atoms with Crippen molar-refractivity contribution in [3.05, 3.63) is 108 Å². The smallest absolute Gasteiger partial charge is 0.342 e. The third-order valence-corrected chi connectivity index (χ3v) is 7.55. The van der Waals surface area contributed by atoms with Gasteiger partial charge in [0.2, 0.25) is 5.52 Å². The minimum absolute atomic E-state index is 0.182. The van der Waals surface area contributed by atoms with Gasteiger partial charge in [0.25, 0.3) is 0 Å². The molecule has 0 amide bonds. The Hall–Kier alpha value is -4.15. The van der Waals surface area contributed by atoms with Crippen LogP contribution in [0.3, 0.4) is 0 Å². The number of hydrogen-bond acceptors (Lipinski definition) is 6. The number of ether oxygens (including phenoxy) is 3. The molecule has 0 bridgehead atoms. The summed E-state index contributed by atoms with van der Waals surface area (Å²) >= 11 is 0. The van der Waals surface area contributed by atoms with Gasteiger partial charge < -0.3 is 18.7 Å². The van der Waals surface area contributed by atoms with E-state index in [1.54, 1.807) is 36.4 Å². The van der Waals surface area contributed by atoms with Crippen LogP contribution in [0.25, 0.3) is 11.1 Å². The molecule has 0 saturated carbocycles. The Morgan fingerprint density at radius 1 is 0.676 bits per heavy atom. The first-order chi connectivity index (χ1) is 18.0. The van der Waals surface area contributed by atoms with Crippen LogP contribution < -0.4 is 19.5 Å². The van der Waals surface area contributed by atoms with Crippen molar-refractivity contribution < 1.29 is 28.3 Å². The van der Waals surface area contributed by atoms with Crippen LogP contribution in [0.5, 0.6) is 17.2 Å². The molecule has 7 heteroatoms. The molecule has 188 valence electrons. The van der Waals surface area contributed by atoms with Crippen molar-refractivity contribution in [1.29, 1.82) is 0 Å². The highest BCUT2D eigenvalue weighted by molar-refractivity contribution is 7.78. The molecule has 0 spiro atoms. The number of aryl methyl sites for hydroxylation is 1. The predicted octanol–water partition coefficient (Wildman–Crippen LogP) is 6.41. The number of hydrogen-bond donors (Lipinski definition) is 0. The van der Waals surface area contributed by atoms with Gasteiger partial charge in [-0.3, -0.25) is 4.79 Å². The van der Waals surface area contributed by atoms with Gasteiger partial charge in [-0.15, -0.1) is 0 Å². The molecule has 0 N–H and O–H groups in total. The van der Waals surface area contributed by atoms with E-state index in [1.807, 2.05) is 61.5 Å². The summed E-state index contributed by atoms with van der Waals surface area (Å²) in [6, 6.07) is 27.4. The predicted molar refractivity (Wildman–Crippen MR) is 145 cm³/mol. The zero-order chi connectivity index (χ0) is 26.4. The van der Waals surface area contributed by atoms with E-state index in [0.29, 0.717) is 16.6 Å². The average Bonchev–Trinajstić information content (AvgIpc) is 2.95. The van der Waals surface area contributed by atoms with Gasteiger partial charge in [-0.2, -0.15) is 0 Å². The van der Waals surface area contributed by atoms with Crippen molar-refractivity contribution in [3.8, 4) is 28.4 Å². The minimum atomic E-state index is -2.10. The summed E-state index contributed by atoms with van der Waals surface area (Å²) in [6.07, 6.45) is 0. The largest absolute Gasteiger partial charge is 0.496 e. The molecule has 6 nitrogen and oxygen atoms in total. The molecule has 4 rings (SSSR count). The van der Waals surface area contributed by atoms with Gasteiger partial charge in [0.05, 0.1) is 26.9 Å². The summed E-state index contributed by atoms with van der Waals surface area (Å²) in [5.74, 6) is 0.425. The monoisotopic (exact) mass is 514 g/mol. The molecule has 0 radical (unpaired) electrons. The lowest BCUT2D eigenvalue weighted by atomic mass is 9.96. The van der Waals surface area contributed by atoms with Crippen molar-refractivity contribution >= 4 is 24.9 Å². The maximum atomic E-state index is 14.1. The van der Waals surface area contributed by atoms with Crippen molar-refractivity contribution in [3.63, 3.8) is 0 Å². The first-order valence-corrected chi connectivity index (χ1v) is 12.8. The van der Waals surface area contributed by atoms with Crippen LogP contribution in [-0.2, 0) is 4.52 Å². The highest BCUT2D eigenvalue weighted by Gasteiger charge is 2.33. The van der Waals surface area contributed by atoms with Crippen molar-refractivity contribution in [2.24, 2.45) is 0 Å². The molecule has 0 aliphatic heterocycles. The molecule has 4 aromatic rings. The van der Waals surface area contributed by atoms with E-state index in [1.165, 1.54) is 21.3 Å². The SMILES string of the molecule is COc1cc(OC)c(C(=O)P(OC(=O)c2c(C)cccc2-c2ccccc2)c2ccccc2)c(OC)c1. The second kappa shape index (κ2) is 11.7. The lowest BCUT2D eigenvalue weighted by molar-refractivity contribution is 0.0747. The summed E-state index contributed by atoms with van der Waals surface area (Å²) in [6.45, 7) is 1.85. The van der Waals surface area contributed by atoms with Gasteiger partial charge >= 0.3 is 5.97 Å². The second-order valence-electron chi connectivity index (χ2n) is 8.08. The van der Waals surface area contributed by atoms with Crippen LogP contribution in [-0.4, -0.2) is 32.8 Å². The number of carbonyl (C=O) groups is 2. The fraction of sp³-hybridized carbons (Fsp3) is 0.133. The maximum Gasteiger partial charge on any atom is 0.342 e. The third kappa shape index (κ3) is 5.50. The Kier molecular flexibility index (Phi) is 8.22. The van der Waals surface area contributed by atoms with Crippen molar-refractivity contribution in [2.45, 2.75) is 6.92 Å². The molecule has 4 aromatic carbocycles. The van der Waals surface area contributed by atoms with Crippen LogP contribution in [0, 0.1) is 6.92 Å². The summed E-state index contributed by atoms with van der Waals surface area (Å²) < 4.78 is 22.4. The van der Waals surface area contributed by atoms with Gasteiger partial charge in [0.1, 0.15) is 22.8 Å². The zero-order valence-corrected chi connectivity index (χ0v) is 22.0. The molecule has 0 aliphatic rings. The van der Waals surface area contributed by atoms with E-state index in [-0.39, 0.29) is 17.1 Å². The van der Waals surface area contributed by atoms with Crippen LogP contribution in [0.4, 0.5) is 0 Å². The zero-order valence-electron chi connectivity index (χ0n) is 21.1.